The van der Waals surface area contributed by atoms with Gasteiger partial charge in [-0.15, -0.1) is 0 Å². The Morgan fingerprint density at radius 3 is 2.62 bits per heavy atom. The van der Waals surface area contributed by atoms with E-state index in [4.69, 9.17) is 4.42 Å². The van der Waals surface area contributed by atoms with Gasteiger partial charge >= 0.3 is 0 Å². The molecule has 1 heterocycles. The minimum atomic E-state index is 0.308. The van der Waals surface area contributed by atoms with Crippen LogP contribution in [0, 0.1) is 29.6 Å². The van der Waals surface area contributed by atoms with Gasteiger partial charge in [0.15, 0.2) is 5.78 Å². The summed E-state index contributed by atoms with van der Waals surface area (Å²) in [5, 5.41) is 1.02. The quantitative estimate of drug-likeness (QED) is 0.776. The van der Waals surface area contributed by atoms with Gasteiger partial charge in [-0.05, 0) is 49.0 Å². The Morgan fingerprint density at radius 2 is 1.90 bits per heavy atom. The van der Waals surface area contributed by atoms with E-state index in [0.29, 0.717) is 23.5 Å². The normalized spacial score (nSPS) is 36.1. The number of fused-ring (bicyclic) bond motifs is 6. The molecule has 3 fully saturated rings. The van der Waals surface area contributed by atoms with E-state index in [2.05, 4.69) is 6.92 Å². The van der Waals surface area contributed by atoms with Gasteiger partial charge in [-0.2, -0.15) is 0 Å². The van der Waals surface area contributed by atoms with Gasteiger partial charge in [0.05, 0.1) is 5.56 Å². The first kappa shape index (κ1) is 12.0. The van der Waals surface area contributed by atoms with Crippen LogP contribution in [0.3, 0.4) is 0 Å². The van der Waals surface area contributed by atoms with Gasteiger partial charge in [0.1, 0.15) is 11.3 Å². The zero-order valence-corrected chi connectivity index (χ0v) is 12.3. The maximum absolute atomic E-state index is 13.1. The van der Waals surface area contributed by atoms with E-state index < -0.39 is 0 Å². The molecule has 1 aromatic heterocycles. The van der Waals surface area contributed by atoms with Gasteiger partial charge in [0, 0.05) is 17.7 Å². The van der Waals surface area contributed by atoms with Gasteiger partial charge in [-0.3, -0.25) is 4.79 Å². The van der Waals surface area contributed by atoms with Gasteiger partial charge in [0.2, 0.25) is 0 Å². The maximum atomic E-state index is 13.1. The molecule has 0 radical (unpaired) electrons. The van der Waals surface area contributed by atoms with Crippen LogP contribution >= 0.6 is 0 Å². The first-order valence-electron chi connectivity index (χ1n) is 8.34. The molecule has 2 heteroatoms. The van der Waals surface area contributed by atoms with Crippen molar-refractivity contribution >= 4 is 16.8 Å². The smallest absolute Gasteiger partial charge is 0.170 e. The second kappa shape index (κ2) is 4.00. The summed E-state index contributed by atoms with van der Waals surface area (Å²) in [6, 6.07) is 8.00. The molecule has 3 aliphatic carbocycles. The Morgan fingerprint density at radius 1 is 1.19 bits per heavy atom. The Kier molecular flexibility index (Phi) is 2.29. The van der Waals surface area contributed by atoms with Crippen LogP contribution in [0.4, 0.5) is 0 Å². The summed E-state index contributed by atoms with van der Waals surface area (Å²) in [6.07, 6.45) is 4.92. The fourth-order valence-electron chi connectivity index (χ4n) is 5.46. The van der Waals surface area contributed by atoms with Crippen molar-refractivity contribution in [1.29, 1.82) is 0 Å². The Labute approximate surface area is 124 Å². The number of carbonyl (C=O) groups is 1. The first-order valence-corrected chi connectivity index (χ1v) is 8.34. The van der Waals surface area contributed by atoms with E-state index in [0.717, 1.165) is 40.5 Å². The van der Waals surface area contributed by atoms with Crippen LogP contribution in [0.2, 0.25) is 0 Å². The summed E-state index contributed by atoms with van der Waals surface area (Å²) < 4.78 is 5.92. The summed E-state index contributed by atoms with van der Waals surface area (Å²) in [5.74, 6) is 4.67. The van der Waals surface area contributed by atoms with Crippen molar-refractivity contribution in [3.63, 3.8) is 0 Å². The highest BCUT2D eigenvalue weighted by Crippen LogP contribution is 2.70. The van der Waals surface area contributed by atoms with Crippen molar-refractivity contribution in [3.05, 3.63) is 35.6 Å². The zero-order valence-electron chi connectivity index (χ0n) is 12.3. The van der Waals surface area contributed by atoms with Crippen LogP contribution < -0.4 is 0 Å². The lowest BCUT2D eigenvalue weighted by molar-refractivity contribution is 0.0944. The number of benzene rings is 1. The predicted molar refractivity (Wildman–Crippen MR) is 81.2 cm³/mol. The summed E-state index contributed by atoms with van der Waals surface area (Å²) in [5.41, 5.74) is 1.76. The molecule has 0 amide bonds. The van der Waals surface area contributed by atoms with Crippen molar-refractivity contribution in [1.82, 2.24) is 0 Å². The van der Waals surface area contributed by atoms with E-state index in [1.165, 1.54) is 19.3 Å². The minimum absolute atomic E-state index is 0.308. The third-order valence-corrected chi connectivity index (χ3v) is 6.27. The van der Waals surface area contributed by atoms with Crippen molar-refractivity contribution in [2.45, 2.75) is 32.6 Å². The lowest BCUT2D eigenvalue weighted by atomic mass is 9.94. The number of Topliss-reactive ketones (excluding diaryl/α,β-unsaturated/α-hetero) is 1. The van der Waals surface area contributed by atoms with Gasteiger partial charge < -0.3 is 4.42 Å². The molecule has 1 aromatic carbocycles. The third kappa shape index (κ3) is 1.46. The van der Waals surface area contributed by atoms with Crippen LogP contribution in [-0.4, -0.2) is 5.78 Å². The number of para-hydroxylation sites is 1. The molecule has 0 saturated heterocycles. The molecule has 2 bridgehead atoms. The molecular formula is C19H20O2. The molecule has 3 aliphatic rings. The predicted octanol–water partition coefficient (Wildman–Crippen LogP) is 4.47. The van der Waals surface area contributed by atoms with Gasteiger partial charge in [0.25, 0.3) is 0 Å². The number of ketones is 1. The Balaban J connectivity index is 1.57. The second-order valence-electron chi connectivity index (χ2n) is 7.13. The van der Waals surface area contributed by atoms with Crippen LogP contribution in [-0.2, 0) is 6.42 Å². The summed E-state index contributed by atoms with van der Waals surface area (Å²) in [4.78, 5) is 13.1. The van der Waals surface area contributed by atoms with E-state index in [1.54, 1.807) is 0 Å². The second-order valence-corrected chi connectivity index (χ2v) is 7.13. The highest BCUT2D eigenvalue weighted by Gasteiger charge is 2.67. The van der Waals surface area contributed by atoms with Crippen LogP contribution in [0.5, 0.6) is 0 Å². The minimum Gasteiger partial charge on any atom is -0.460 e. The number of aryl methyl sites for hydroxylation is 1. The van der Waals surface area contributed by atoms with E-state index in [1.807, 2.05) is 24.3 Å². The molecule has 5 rings (SSSR count). The molecule has 4 unspecified atom stereocenters. The third-order valence-electron chi connectivity index (χ3n) is 6.27. The summed E-state index contributed by atoms with van der Waals surface area (Å²) in [7, 11) is 0. The molecule has 0 aliphatic heterocycles. The summed E-state index contributed by atoms with van der Waals surface area (Å²) in [6.45, 7) is 2.08. The molecule has 3 saturated carbocycles. The number of rotatable bonds is 3. The molecular weight excluding hydrogens is 260 g/mol. The lowest BCUT2D eigenvalue weighted by Crippen LogP contribution is -2.11. The highest BCUT2D eigenvalue weighted by molar-refractivity contribution is 6.10. The Bertz CT molecular complexity index is 725. The van der Waals surface area contributed by atoms with Crippen molar-refractivity contribution in [2.75, 3.05) is 0 Å². The van der Waals surface area contributed by atoms with E-state index >= 15 is 0 Å². The molecule has 2 aromatic rings. The SMILES string of the molecule is CCc1oc2ccccc2c1C(=O)C1C2C3CCC(C3)C12. The molecule has 2 nitrogen and oxygen atoms in total. The molecule has 108 valence electrons. The standard InChI is InChI=1S/C19H20O2/c1-2-13-17(12-5-3-4-6-14(12)21-13)19(20)18-15-10-7-8-11(9-10)16(15)18/h3-6,10-11,15-16,18H,2,7-9H2,1H3. The van der Waals surface area contributed by atoms with Crippen LogP contribution in [0.25, 0.3) is 11.0 Å². The molecule has 0 N–H and O–H groups in total. The molecule has 4 atom stereocenters. The number of hydrogen-bond acceptors (Lipinski definition) is 2. The Hall–Kier alpha value is -1.57. The van der Waals surface area contributed by atoms with Crippen LogP contribution in [0.15, 0.2) is 28.7 Å². The van der Waals surface area contributed by atoms with Crippen molar-refractivity contribution < 1.29 is 9.21 Å². The van der Waals surface area contributed by atoms with Gasteiger partial charge in [-0.25, -0.2) is 0 Å². The maximum Gasteiger partial charge on any atom is 0.170 e. The van der Waals surface area contributed by atoms with Crippen molar-refractivity contribution in [3.8, 4) is 0 Å². The number of hydrogen-bond donors (Lipinski definition) is 0. The monoisotopic (exact) mass is 280 g/mol. The first-order chi connectivity index (χ1) is 10.3. The number of furan rings is 1. The average molecular weight is 280 g/mol. The topological polar surface area (TPSA) is 30.2 Å². The highest BCUT2D eigenvalue weighted by atomic mass is 16.3. The van der Waals surface area contributed by atoms with Gasteiger partial charge in [-0.1, -0.05) is 25.1 Å². The lowest BCUT2D eigenvalue weighted by Gasteiger charge is -2.08. The molecule has 21 heavy (non-hydrogen) atoms. The van der Waals surface area contributed by atoms with E-state index in [9.17, 15) is 4.79 Å². The largest absolute Gasteiger partial charge is 0.460 e. The average Bonchev–Trinajstić information content (AvgIpc) is 2.86. The zero-order chi connectivity index (χ0) is 14.1. The van der Waals surface area contributed by atoms with E-state index in [-0.39, 0.29) is 0 Å². The van der Waals surface area contributed by atoms with Crippen LogP contribution in [0.1, 0.15) is 42.3 Å². The summed E-state index contributed by atoms with van der Waals surface area (Å²) >= 11 is 0. The van der Waals surface area contributed by atoms with Crippen molar-refractivity contribution in [2.24, 2.45) is 29.6 Å². The molecule has 0 spiro atoms. The fraction of sp³-hybridized carbons (Fsp3) is 0.526. The number of carbonyl (C=O) groups excluding carboxylic acids is 1. The fourth-order valence-corrected chi connectivity index (χ4v) is 5.46.